The van der Waals surface area contributed by atoms with Gasteiger partial charge in [-0.2, -0.15) is 0 Å². The second-order valence-corrected chi connectivity index (χ2v) is 3.79. The third-order valence-corrected chi connectivity index (χ3v) is 2.66. The van der Waals surface area contributed by atoms with E-state index in [2.05, 4.69) is 11.6 Å². The zero-order chi connectivity index (χ0) is 12.4. The predicted octanol–water partition coefficient (Wildman–Crippen LogP) is 3.67. The Morgan fingerprint density at radius 3 is 2.88 bits per heavy atom. The molecule has 0 unspecified atom stereocenters. The molecule has 0 saturated carbocycles. The van der Waals surface area contributed by atoms with Crippen LogP contribution in [-0.2, 0) is 6.54 Å². The van der Waals surface area contributed by atoms with Crippen molar-refractivity contribution in [3.63, 3.8) is 0 Å². The minimum atomic E-state index is -0.803. The van der Waals surface area contributed by atoms with E-state index >= 15 is 0 Å². The van der Waals surface area contributed by atoms with Crippen molar-refractivity contribution in [2.45, 2.75) is 6.54 Å². The van der Waals surface area contributed by atoms with E-state index < -0.39 is 16.7 Å². The molecule has 0 amide bonds. The van der Waals surface area contributed by atoms with Crippen molar-refractivity contribution in [2.24, 2.45) is 0 Å². The average Bonchev–Trinajstić information content (AvgIpc) is 2.75. The second kappa shape index (κ2) is 4.67. The van der Waals surface area contributed by atoms with Crippen molar-refractivity contribution in [2.75, 3.05) is 0 Å². The summed E-state index contributed by atoms with van der Waals surface area (Å²) in [5.41, 5.74) is 0.170. The Morgan fingerprint density at radius 2 is 2.18 bits per heavy atom. The molecule has 0 spiro atoms. The van der Waals surface area contributed by atoms with Gasteiger partial charge in [0.25, 0.3) is 0 Å². The molecule has 0 fully saturated rings. The molecule has 0 aliphatic carbocycles. The molecule has 5 heteroatoms. The first kappa shape index (κ1) is 11.8. The molecule has 88 valence electrons. The van der Waals surface area contributed by atoms with Crippen molar-refractivity contribution in [3.8, 4) is 11.4 Å². The molecule has 2 nitrogen and oxygen atoms in total. The summed E-state index contributed by atoms with van der Waals surface area (Å²) < 4.78 is 28.5. The lowest BCUT2D eigenvalue weighted by molar-refractivity contribution is 0.585. The normalized spacial score (nSPS) is 10.5. The van der Waals surface area contributed by atoms with Gasteiger partial charge in [0.1, 0.15) is 16.7 Å². The van der Waals surface area contributed by atoms with Gasteiger partial charge >= 0.3 is 0 Å². The van der Waals surface area contributed by atoms with Crippen molar-refractivity contribution in [1.82, 2.24) is 9.55 Å². The zero-order valence-electron chi connectivity index (χ0n) is 8.83. The summed E-state index contributed by atoms with van der Waals surface area (Å²) in [6.07, 6.45) is 4.89. The summed E-state index contributed by atoms with van der Waals surface area (Å²) in [5, 5.41) is -0.518. The molecule has 1 aromatic carbocycles. The first-order chi connectivity index (χ1) is 8.15. The van der Waals surface area contributed by atoms with Crippen LogP contribution < -0.4 is 0 Å². The highest BCUT2D eigenvalue weighted by molar-refractivity contribution is 6.31. The summed E-state index contributed by atoms with van der Waals surface area (Å²) in [5.74, 6) is -1.19. The standard InChI is InChI=1S/C12H9ClF2N2/c1-2-6-17-7-5-16-12(17)8-3-4-9(14)10(13)11(8)15/h2-5,7H,1,6H2. The Morgan fingerprint density at radius 1 is 1.41 bits per heavy atom. The van der Waals surface area contributed by atoms with E-state index in [1.54, 1.807) is 16.8 Å². The van der Waals surface area contributed by atoms with E-state index in [-0.39, 0.29) is 5.56 Å². The number of allylic oxidation sites excluding steroid dienone is 1. The molecule has 1 aromatic heterocycles. The topological polar surface area (TPSA) is 17.8 Å². The van der Waals surface area contributed by atoms with Gasteiger partial charge in [0.2, 0.25) is 0 Å². The molecule has 0 bridgehead atoms. The van der Waals surface area contributed by atoms with Gasteiger partial charge in [-0.15, -0.1) is 6.58 Å². The van der Waals surface area contributed by atoms with Crippen molar-refractivity contribution in [3.05, 3.63) is 53.8 Å². The van der Waals surface area contributed by atoms with Crippen LogP contribution in [-0.4, -0.2) is 9.55 Å². The Hall–Kier alpha value is -1.68. The first-order valence-electron chi connectivity index (χ1n) is 4.91. The largest absolute Gasteiger partial charge is 0.327 e. The number of benzene rings is 1. The van der Waals surface area contributed by atoms with Gasteiger partial charge in [0, 0.05) is 18.9 Å². The monoisotopic (exact) mass is 254 g/mol. The Bertz CT molecular complexity index is 564. The lowest BCUT2D eigenvalue weighted by Gasteiger charge is -2.07. The summed E-state index contributed by atoms with van der Waals surface area (Å²) in [6.45, 7) is 4.09. The Kier molecular flexibility index (Phi) is 3.24. The maximum Gasteiger partial charge on any atom is 0.155 e. The van der Waals surface area contributed by atoms with Crippen LogP contribution in [0.1, 0.15) is 0 Å². The van der Waals surface area contributed by atoms with Crippen molar-refractivity contribution < 1.29 is 8.78 Å². The lowest BCUT2D eigenvalue weighted by atomic mass is 10.2. The predicted molar refractivity (Wildman–Crippen MR) is 62.8 cm³/mol. The molecule has 0 saturated heterocycles. The minimum absolute atomic E-state index is 0.170. The van der Waals surface area contributed by atoms with Gasteiger partial charge in [-0.05, 0) is 12.1 Å². The van der Waals surface area contributed by atoms with Crippen LogP contribution in [0.15, 0.2) is 37.2 Å². The molecular formula is C12H9ClF2N2. The number of imidazole rings is 1. The lowest BCUT2D eigenvalue weighted by Crippen LogP contribution is -1.99. The van der Waals surface area contributed by atoms with Gasteiger partial charge in [-0.1, -0.05) is 17.7 Å². The van der Waals surface area contributed by atoms with Crippen LogP contribution in [0.3, 0.4) is 0 Å². The number of halogens is 3. The van der Waals surface area contributed by atoms with Crippen LogP contribution in [0.25, 0.3) is 11.4 Å². The third kappa shape index (κ3) is 2.08. The van der Waals surface area contributed by atoms with E-state index in [0.717, 1.165) is 6.07 Å². The van der Waals surface area contributed by atoms with Crippen LogP contribution in [0.2, 0.25) is 5.02 Å². The number of nitrogens with zero attached hydrogens (tertiary/aromatic N) is 2. The smallest absolute Gasteiger partial charge is 0.155 e. The first-order valence-corrected chi connectivity index (χ1v) is 5.29. The van der Waals surface area contributed by atoms with E-state index in [0.29, 0.717) is 12.4 Å². The SMILES string of the molecule is C=CCn1ccnc1-c1ccc(F)c(Cl)c1F. The fourth-order valence-electron chi connectivity index (χ4n) is 1.54. The fourth-order valence-corrected chi connectivity index (χ4v) is 1.70. The number of aromatic nitrogens is 2. The molecule has 2 aromatic rings. The zero-order valence-corrected chi connectivity index (χ0v) is 9.59. The summed E-state index contributed by atoms with van der Waals surface area (Å²) in [4.78, 5) is 4.03. The van der Waals surface area contributed by atoms with Crippen LogP contribution >= 0.6 is 11.6 Å². The molecule has 1 heterocycles. The maximum absolute atomic E-state index is 13.8. The average molecular weight is 255 g/mol. The van der Waals surface area contributed by atoms with Crippen molar-refractivity contribution >= 4 is 11.6 Å². The van der Waals surface area contributed by atoms with E-state index in [9.17, 15) is 8.78 Å². The molecule has 0 radical (unpaired) electrons. The minimum Gasteiger partial charge on any atom is -0.327 e. The van der Waals surface area contributed by atoms with E-state index in [1.807, 2.05) is 0 Å². The molecule has 17 heavy (non-hydrogen) atoms. The van der Waals surface area contributed by atoms with Gasteiger partial charge in [-0.25, -0.2) is 13.8 Å². The van der Waals surface area contributed by atoms with Crippen LogP contribution in [0.5, 0.6) is 0 Å². The van der Waals surface area contributed by atoms with Crippen molar-refractivity contribution in [1.29, 1.82) is 0 Å². The number of hydrogen-bond acceptors (Lipinski definition) is 1. The maximum atomic E-state index is 13.8. The highest BCUT2D eigenvalue weighted by Crippen LogP contribution is 2.28. The molecular weight excluding hydrogens is 246 g/mol. The van der Waals surface area contributed by atoms with Gasteiger partial charge in [0.05, 0.1) is 5.56 Å². The fraction of sp³-hybridized carbons (Fsp3) is 0.0833. The van der Waals surface area contributed by atoms with Gasteiger partial charge < -0.3 is 4.57 Å². The van der Waals surface area contributed by atoms with Crippen LogP contribution in [0, 0.1) is 11.6 Å². The van der Waals surface area contributed by atoms with Gasteiger partial charge in [0.15, 0.2) is 5.82 Å². The van der Waals surface area contributed by atoms with Gasteiger partial charge in [-0.3, -0.25) is 0 Å². The second-order valence-electron chi connectivity index (χ2n) is 3.41. The summed E-state index contributed by atoms with van der Waals surface area (Å²) in [7, 11) is 0. The summed E-state index contributed by atoms with van der Waals surface area (Å²) in [6, 6.07) is 2.44. The molecule has 0 aliphatic heterocycles. The molecule has 0 aliphatic rings. The third-order valence-electron chi connectivity index (χ3n) is 2.32. The van der Waals surface area contributed by atoms with E-state index in [1.165, 1.54) is 12.3 Å². The van der Waals surface area contributed by atoms with E-state index in [4.69, 9.17) is 11.6 Å². The molecule has 0 atom stereocenters. The highest BCUT2D eigenvalue weighted by atomic mass is 35.5. The molecule has 0 N–H and O–H groups in total. The quantitative estimate of drug-likeness (QED) is 0.604. The summed E-state index contributed by atoms with van der Waals surface area (Å²) >= 11 is 5.52. The highest BCUT2D eigenvalue weighted by Gasteiger charge is 2.16. The number of rotatable bonds is 3. The Labute approximate surface area is 102 Å². The number of hydrogen-bond donors (Lipinski definition) is 0. The molecule has 2 rings (SSSR count). The Balaban J connectivity index is 2.57. The van der Waals surface area contributed by atoms with Crippen LogP contribution in [0.4, 0.5) is 8.78 Å².